The Balaban J connectivity index is 2.27. The molecule has 1 aromatic heterocycles. The first kappa shape index (κ1) is 13.2. The summed E-state index contributed by atoms with van der Waals surface area (Å²) in [6.07, 6.45) is 1.17. The summed E-state index contributed by atoms with van der Waals surface area (Å²) in [6.45, 7) is 0.594. The molecule has 0 radical (unpaired) electrons. The fourth-order valence-corrected chi connectivity index (χ4v) is 2.34. The second kappa shape index (κ2) is 6.07. The monoisotopic (exact) mass is 307 g/mol. The summed E-state index contributed by atoms with van der Waals surface area (Å²) in [5.74, 6) is 0.0460. The van der Waals surface area contributed by atoms with E-state index in [1.54, 1.807) is 7.11 Å². The van der Waals surface area contributed by atoms with Crippen LogP contribution in [0.5, 0.6) is 0 Å². The summed E-state index contributed by atoms with van der Waals surface area (Å²) in [7, 11) is 1.63. The number of ketones is 1. The largest absolute Gasteiger partial charge is 0.385 e. The molecule has 94 valence electrons. The Hall–Kier alpha value is -1.26. The van der Waals surface area contributed by atoms with E-state index in [2.05, 4.69) is 20.9 Å². The maximum Gasteiger partial charge on any atom is 0.182 e. The number of benzene rings is 1. The van der Waals surface area contributed by atoms with E-state index < -0.39 is 0 Å². The normalized spacial score (nSPS) is 10.8. The first-order chi connectivity index (χ1) is 8.72. The Morgan fingerprint density at radius 3 is 2.94 bits per heavy atom. The number of rotatable bonds is 5. The van der Waals surface area contributed by atoms with Crippen molar-refractivity contribution in [2.45, 2.75) is 12.8 Å². The fraction of sp³-hybridized carbons (Fsp3) is 0.286. The maximum absolute atomic E-state index is 12.0. The van der Waals surface area contributed by atoms with E-state index in [1.165, 1.54) is 0 Å². The van der Waals surface area contributed by atoms with Crippen molar-refractivity contribution >= 4 is 32.6 Å². The van der Waals surface area contributed by atoms with Gasteiger partial charge in [-0.05, 0) is 34.5 Å². The van der Waals surface area contributed by atoms with Crippen molar-refractivity contribution in [1.29, 1.82) is 0 Å². The standard InChI is InChI=1S/C14H14BrNO2/c1-18-8-4-7-13(17)14-11(15)9-10-5-2-3-6-12(10)16-14/h2-3,5-6,9H,4,7-8H2,1H3. The highest BCUT2D eigenvalue weighted by Gasteiger charge is 2.12. The van der Waals surface area contributed by atoms with Crippen LogP contribution in [0.25, 0.3) is 10.9 Å². The number of halogens is 1. The number of methoxy groups -OCH3 is 1. The summed E-state index contributed by atoms with van der Waals surface area (Å²) in [6, 6.07) is 9.70. The van der Waals surface area contributed by atoms with Gasteiger partial charge in [-0.1, -0.05) is 18.2 Å². The smallest absolute Gasteiger partial charge is 0.182 e. The van der Waals surface area contributed by atoms with Crippen LogP contribution in [0.1, 0.15) is 23.3 Å². The minimum atomic E-state index is 0.0460. The third kappa shape index (κ3) is 2.94. The summed E-state index contributed by atoms with van der Waals surface area (Å²) < 4.78 is 5.70. The van der Waals surface area contributed by atoms with Gasteiger partial charge in [-0.15, -0.1) is 0 Å². The van der Waals surface area contributed by atoms with Gasteiger partial charge in [0.25, 0.3) is 0 Å². The SMILES string of the molecule is COCCCC(=O)c1nc2ccccc2cc1Br. The third-order valence-electron chi connectivity index (χ3n) is 2.69. The van der Waals surface area contributed by atoms with Gasteiger partial charge in [-0.2, -0.15) is 0 Å². The first-order valence-electron chi connectivity index (χ1n) is 5.80. The van der Waals surface area contributed by atoms with E-state index in [0.717, 1.165) is 21.8 Å². The molecule has 0 spiro atoms. The van der Waals surface area contributed by atoms with Crippen LogP contribution in [-0.4, -0.2) is 24.5 Å². The average Bonchev–Trinajstić information content (AvgIpc) is 2.38. The molecule has 0 saturated carbocycles. The number of nitrogens with zero attached hydrogens (tertiary/aromatic N) is 1. The lowest BCUT2D eigenvalue weighted by molar-refractivity contribution is 0.0958. The van der Waals surface area contributed by atoms with Crippen LogP contribution in [-0.2, 0) is 4.74 Å². The van der Waals surface area contributed by atoms with E-state index >= 15 is 0 Å². The van der Waals surface area contributed by atoms with E-state index in [0.29, 0.717) is 18.7 Å². The van der Waals surface area contributed by atoms with Crippen molar-refractivity contribution in [2.24, 2.45) is 0 Å². The van der Waals surface area contributed by atoms with Crippen molar-refractivity contribution < 1.29 is 9.53 Å². The van der Waals surface area contributed by atoms with Crippen molar-refractivity contribution in [3.63, 3.8) is 0 Å². The van der Waals surface area contributed by atoms with Gasteiger partial charge < -0.3 is 4.74 Å². The molecule has 3 nitrogen and oxygen atoms in total. The Morgan fingerprint density at radius 2 is 2.17 bits per heavy atom. The Kier molecular flexibility index (Phi) is 4.44. The summed E-state index contributed by atoms with van der Waals surface area (Å²) in [5.41, 5.74) is 1.35. The Bertz CT molecular complexity index is 569. The summed E-state index contributed by atoms with van der Waals surface area (Å²) >= 11 is 3.41. The molecule has 2 aromatic rings. The van der Waals surface area contributed by atoms with Gasteiger partial charge in [0.2, 0.25) is 0 Å². The molecule has 18 heavy (non-hydrogen) atoms. The fourth-order valence-electron chi connectivity index (χ4n) is 1.78. The minimum absolute atomic E-state index is 0.0460. The number of carbonyl (C=O) groups excluding carboxylic acids is 1. The van der Waals surface area contributed by atoms with Gasteiger partial charge in [0.15, 0.2) is 5.78 Å². The van der Waals surface area contributed by atoms with Crippen LogP contribution in [0.4, 0.5) is 0 Å². The molecule has 4 heteroatoms. The first-order valence-corrected chi connectivity index (χ1v) is 6.59. The van der Waals surface area contributed by atoms with Gasteiger partial charge in [0.05, 0.1) is 5.52 Å². The number of carbonyl (C=O) groups is 1. The van der Waals surface area contributed by atoms with Crippen molar-refractivity contribution in [1.82, 2.24) is 4.98 Å². The molecule has 0 unspecified atom stereocenters. The van der Waals surface area contributed by atoms with Crippen molar-refractivity contribution in [3.05, 3.63) is 40.5 Å². The highest BCUT2D eigenvalue weighted by molar-refractivity contribution is 9.10. The van der Waals surface area contributed by atoms with Gasteiger partial charge >= 0.3 is 0 Å². The summed E-state index contributed by atoms with van der Waals surface area (Å²) in [5, 5.41) is 1.03. The third-order valence-corrected chi connectivity index (χ3v) is 3.30. The van der Waals surface area contributed by atoms with E-state index in [4.69, 9.17) is 4.74 Å². The highest BCUT2D eigenvalue weighted by Crippen LogP contribution is 2.22. The molecule has 1 heterocycles. The van der Waals surface area contributed by atoms with Gasteiger partial charge in [0, 0.05) is 30.0 Å². The average molecular weight is 308 g/mol. The predicted octanol–water partition coefficient (Wildman–Crippen LogP) is 3.61. The lowest BCUT2D eigenvalue weighted by Gasteiger charge is -2.05. The van der Waals surface area contributed by atoms with Gasteiger partial charge in [-0.3, -0.25) is 4.79 Å². The second-order valence-electron chi connectivity index (χ2n) is 4.03. The molecule has 0 bridgehead atoms. The quantitative estimate of drug-likeness (QED) is 0.626. The Morgan fingerprint density at radius 1 is 1.39 bits per heavy atom. The zero-order valence-electron chi connectivity index (χ0n) is 10.1. The van der Waals surface area contributed by atoms with E-state index in [9.17, 15) is 4.79 Å². The summed E-state index contributed by atoms with van der Waals surface area (Å²) in [4.78, 5) is 16.5. The van der Waals surface area contributed by atoms with Crippen LogP contribution in [0.3, 0.4) is 0 Å². The lowest BCUT2D eigenvalue weighted by atomic mass is 10.1. The van der Waals surface area contributed by atoms with Crippen LogP contribution in [0.15, 0.2) is 34.8 Å². The molecule has 0 N–H and O–H groups in total. The highest BCUT2D eigenvalue weighted by atomic mass is 79.9. The number of fused-ring (bicyclic) bond motifs is 1. The molecule has 0 saturated heterocycles. The predicted molar refractivity (Wildman–Crippen MR) is 74.9 cm³/mol. The molecular formula is C14H14BrNO2. The molecule has 0 fully saturated rings. The molecule has 0 aliphatic heterocycles. The van der Waals surface area contributed by atoms with Crippen molar-refractivity contribution in [3.8, 4) is 0 Å². The zero-order valence-corrected chi connectivity index (χ0v) is 11.7. The second-order valence-corrected chi connectivity index (χ2v) is 4.89. The van der Waals surface area contributed by atoms with Gasteiger partial charge in [-0.25, -0.2) is 4.98 Å². The van der Waals surface area contributed by atoms with E-state index in [-0.39, 0.29) is 5.78 Å². The molecule has 2 rings (SSSR count). The number of hydrogen-bond donors (Lipinski definition) is 0. The molecule has 0 atom stereocenters. The molecule has 0 aliphatic carbocycles. The maximum atomic E-state index is 12.0. The van der Waals surface area contributed by atoms with E-state index in [1.807, 2.05) is 30.3 Å². The van der Waals surface area contributed by atoms with Crippen molar-refractivity contribution in [2.75, 3.05) is 13.7 Å². The number of aromatic nitrogens is 1. The minimum Gasteiger partial charge on any atom is -0.385 e. The molecule has 1 aromatic carbocycles. The van der Waals surface area contributed by atoms with Gasteiger partial charge in [0.1, 0.15) is 5.69 Å². The Labute approximate surface area is 114 Å². The number of pyridine rings is 1. The number of para-hydroxylation sites is 1. The molecule has 0 aliphatic rings. The molecular weight excluding hydrogens is 294 g/mol. The van der Waals surface area contributed by atoms with Crippen LogP contribution in [0.2, 0.25) is 0 Å². The number of Topliss-reactive ketones (excluding diaryl/α,β-unsaturated/α-hetero) is 1. The zero-order chi connectivity index (χ0) is 13.0. The number of hydrogen-bond acceptors (Lipinski definition) is 3. The van der Waals surface area contributed by atoms with Crippen LogP contribution >= 0.6 is 15.9 Å². The number of ether oxygens (including phenoxy) is 1. The molecule has 0 amide bonds. The lowest BCUT2D eigenvalue weighted by Crippen LogP contribution is -2.05. The van der Waals surface area contributed by atoms with Crippen LogP contribution in [0, 0.1) is 0 Å². The topological polar surface area (TPSA) is 39.2 Å². The van der Waals surface area contributed by atoms with Crippen LogP contribution < -0.4 is 0 Å².